The Kier molecular flexibility index (Phi) is 6.30. The van der Waals surface area contributed by atoms with Crippen LogP contribution in [0.3, 0.4) is 0 Å². The van der Waals surface area contributed by atoms with Crippen molar-refractivity contribution in [3.05, 3.63) is 80.2 Å². The number of hydrogen-bond acceptors (Lipinski definition) is 8. The average Bonchev–Trinajstić information content (AvgIpc) is 3.05. The maximum atomic E-state index is 12.6. The number of rotatable bonds is 7. The molecule has 1 amide bonds. The number of hydrogen-bond donors (Lipinski definition) is 1. The van der Waals surface area contributed by atoms with Crippen molar-refractivity contribution in [1.29, 1.82) is 0 Å². The summed E-state index contributed by atoms with van der Waals surface area (Å²) in [7, 11) is -4.32. The summed E-state index contributed by atoms with van der Waals surface area (Å²) < 4.78 is 37.9. The molecule has 32 heavy (non-hydrogen) atoms. The Morgan fingerprint density at radius 1 is 1.16 bits per heavy atom. The quantitative estimate of drug-likeness (QED) is 0.418. The molecular weight excluding hydrogens is 438 g/mol. The Labute approximate surface area is 184 Å². The van der Waals surface area contributed by atoms with E-state index in [4.69, 9.17) is 9.26 Å². The van der Waals surface area contributed by atoms with Gasteiger partial charge in [-0.25, -0.2) is 13.1 Å². The number of amides is 1. The Balaban J connectivity index is 1.73. The monoisotopic (exact) mass is 459 g/mol. The minimum Gasteiger partial charge on any atom is -0.489 e. The first-order chi connectivity index (χ1) is 15.0. The van der Waals surface area contributed by atoms with Gasteiger partial charge in [-0.15, -0.1) is 0 Å². The molecule has 1 aromatic heterocycles. The van der Waals surface area contributed by atoms with Crippen LogP contribution in [-0.4, -0.2) is 24.4 Å². The molecule has 1 heterocycles. The highest BCUT2D eigenvalue weighted by molar-refractivity contribution is 7.90. The summed E-state index contributed by atoms with van der Waals surface area (Å²) in [5.41, 5.74) is 2.06. The second-order valence-corrected chi connectivity index (χ2v) is 8.87. The first-order valence-corrected chi connectivity index (χ1v) is 11.0. The fraction of sp³-hybridized carbons (Fsp3) is 0.238. The first-order valence-electron chi connectivity index (χ1n) is 9.47. The van der Waals surface area contributed by atoms with Crippen molar-refractivity contribution in [2.45, 2.75) is 39.2 Å². The van der Waals surface area contributed by atoms with Crippen LogP contribution in [-0.2, 0) is 16.6 Å². The molecule has 0 unspecified atom stereocenters. The van der Waals surface area contributed by atoms with Crippen LogP contribution in [0.5, 0.6) is 5.75 Å². The minimum absolute atomic E-state index is 0.0802. The van der Waals surface area contributed by atoms with Crippen LogP contribution in [0.2, 0.25) is 0 Å². The molecule has 1 N–H and O–H groups in total. The highest BCUT2D eigenvalue weighted by atomic mass is 32.2. The van der Waals surface area contributed by atoms with Gasteiger partial charge in [-0.3, -0.25) is 14.9 Å². The maximum absolute atomic E-state index is 12.6. The Hall–Kier alpha value is -3.73. The van der Waals surface area contributed by atoms with Crippen molar-refractivity contribution in [2.24, 2.45) is 0 Å². The number of carbonyl (C=O) groups excluding carboxylic acids is 1. The van der Waals surface area contributed by atoms with Gasteiger partial charge < -0.3 is 9.26 Å². The highest BCUT2D eigenvalue weighted by Crippen LogP contribution is 2.26. The van der Waals surface area contributed by atoms with E-state index in [0.29, 0.717) is 22.6 Å². The molecular formula is C21H21N3O7S. The predicted molar refractivity (Wildman–Crippen MR) is 114 cm³/mol. The number of nitro benzene ring substituents is 1. The van der Waals surface area contributed by atoms with Crippen LogP contribution in [0.4, 0.5) is 5.69 Å². The van der Waals surface area contributed by atoms with E-state index < -0.39 is 20.9 Å². The number of aromatic nitrogens is 1. The normalized spacial score (nSPS) is 11.2. The van der Waals surface area contributed by atoms with Gasteiger partial charge in [-0.1, -0.05) is 5.16 Å². The molecule has 0 aliphatic carbocycles. The third-order valence-corrected chi connectivity index (χ3v) is 6.34. The smallest absolute Gasteiger partial charge is 0.273 e. The predicted octanol–water partition coefficient (Wildman–Crippen LogP) is 3.51. The molecule has 3 rings (SSSR count). The van der Waals surface area contributed by atoms with Gasteiger partial charge in [-0.2, -0.15) is 0 Å². The fourth-order valence-electron chi connectivity index (χ4n) is 2.96. The van der Waals surface area contributed by atoms with E-state index in [2.05, 4.69) is 5.16 Å². The molecule has 11 heteroatoms. The molecule has 0 bridgehead atoms. The minimum atomic E-state index is -4.32. The summed E-state index contributed by atoms with van der Waals surface area (Å²) in [6.07, 6.45) is 0. The van der Waals surface area contributed by atoms with Gasteiger partial charge in [-0.05, 0) is 63.6 Å². The first kappa shape index (κ1) is 22.9. The second-order valence-electron chi connectivity index (χ2n) is 7.19. The number of nitrogens with zero attached hydrogens (tertiary/aromatic N) is 2. The topological polar surface area (TPSA) is 142 Å². The van der Waals surface area contributed by atoms with E-state index in [1.165, 1.54) is 37.3 Å². The molecule has 0 atom stereocenters. The van der Waals surface area contributed by atoms with Crippen LogP contribution < -0.4 is 9.46 Å². The van der Waals surface area contributed by atoms with Crippen molar-refractivity contribution in [3.63, 3.8) is 0 Å². The summed E-state index contributed by atoms with van der Waals surface area (Å²) in [5.74, 6) is 0.243. The number of benzene rings is 2. The molecule has 0 aliphatic heterocycles. The molecule has 0 saturated heterocycles. The van der Waals surface area contributed by atoms with Crippen LogP contribution in [0.1, 0.15) is 38.5 Å². The van der Waals surface area contributed by atoms with Crippen LogP contribution in [0, 0.1) is 37.8 Å². The number of sulfonamides is 1. The number of nitro groups is 1. The molecule has 168 valence electrons. The third-order valence-electron chi connectivity index (χ3n) is 5.03. The van der Waals surface area contributed by atoms with Crippen LogP contribution in [0.25, 0.3) is 0 Å². The van der Waals surface area contributed by atoms with Gasteiger partial charge in [0.05, 0.1) is 21.1 Å². The van der Waals surface area contributed by atoms with Crippen molar-refractivity contribution in [2.75, 3.05) is 0 Å². The van der Waals surface area contributed by atoms with E-state index in [0.717, 1.165) is 17.3 Å². The molecule has 0 aliphatic rings. The van der Waals surface area contributed by atoms with Gasteiger partial charge in [0.1, 0.15) is 18.1 Å². The Bertz CT molecular complexity index is 1280. The van der Waals surface area contributed by atoms with Crippen molar-refractivity contribution in [1.82, 2.24) is 9.88 Å². The highest BCUT2D eigenvalue weighted by Gasteiger charge is 2.24. The molecule has 10 nitrogen and oxygen atoms in total. The second kappa shape index (κ2) is 8.79. The lowest BCUT2D eigenvalue weighted by atomic mass is 10.1. The summed E-state index contributed by atoms with van der Waals surface area (Å²) >= 11 is 0. The van der Waals surface area contributed by atoms with Gasteiger partial charge in [0.15, 0.2) is 0 Å². The largest absolute Gasteiger partial charge is 0.489 e. The summed E-state index contributed by atoms with van der Waals surface area (Å²) in [6, 6.07) is 8.10. The number of ether oxygens (including phenoxy) is 1. The lowest BCUT2D eigenvalue weighted by Gasteiger charge is -2.10. The zero-order chi connectivity index (χ0) is 23.6. The zero-order valence-electron chi connectivity index (χ0n) is 17.8. The number of aryl methyl sites for hydroxylation is 3. The van der Waals surface area contributed by atoms with Crippen molar-refractivity contribution in [3.8, 4) is 5.75 Å². The number of nitrogens with one attached hydrogen (secondary N) is 1. The van der Waals surface area contributed by atoms with E-state index >= 15 is 0 Å². The Morgan fingerprint density at radius 3 is 2.38 bits per heavy atom. The van der Waals surface area contributed by atoms with E-state index in [1.54, 1.807) is 20.8 Å². The molecule has 0 saturated carbocycles. The van der Waals surface area contributed by atoms with Gasteiger partial charge in [0, 0.05) is 17.2 Å². The zero-order valence-corrected chi connectivity index (χ0v) is 18.6. The van der Waals surface area contributed by atoms with E-state index in [9.17, 15) is 23.3 Å². The van der Waals surface area contributed by atoms with Crippen molar-refractivity contribution < 1.29 is 27.4 Å². The van der Waals surface area contributed by atoms with Gasteiger partial charge in [0.2, 0.25) is 0 Å². The van der Waals surface area contributed by atoms with E-state index in [1.807, 2.05) is 4.72 Å². The molecule has 0 radical (unpaired) electrons. The average molecular weight is 459 g/mol. The molecule has 2 aromatic carbocycles. The summed E-state index contributed by atoms with van der Waals surface area (Å²) in [5, 5.41) is 15.0. The Morgan fingerprint density at radius 2 is 1.81 bits per heavy atom. The van der Waals surface area contributed by atoms with Crippen molar-refractivity contribution >= 4 is 21.6 Å². The van der Waals surface area contributed by atoms with Gasteiger partial charge in [0.25, 0.3) is 21.6 Å². The fourth-order valence-corrected chi connectivity index (χ4v) is 4.04. The van der Waals surface area contributed by atoms with Gasteiger partial charge >= 0.3 is 0 Å². The molecule has 0 spiro atoms. The summed E-state index contributed by atoms with van der Waals surface area (Å²) in [6.45, 7) is 6.89. The third kappa shape index (κ3) is 4.78. The lowest BCUT2D eigenvalue weighted by molar-refractivity contribution is -0.385. The molecule has 0 fully saturated rings. The summed E-state index contributed by atoms with van der Waals surface area (Å²) in [4.78, 5) is 22.6. The SMILES string of the molecule is Cc1cc(S(=O)(=O)NC(=O)c2ccc(OCc3c(C)noc3C)cc2)cc([N+](=O)[O-])c1C. The molecule has 3 aromatic rings. The lowest BCUT2D eigenvalue weighted by Crippen LogP contribution is -2.30. The standard InChI is InChI=1S/C21H21N3O7S/c1-12-9-18(10-20(13(12)2)24(26)27)32(28,29)23-21(25)16-5-7-17(8-6-16)30-11-19-14(3)22-31-15(19)4/h5-10H,11H2,1-4H3,(H,23,25). The van der Waals surface area contributed by atoms with Crippen LogP contribution >= 0.6 is 0 Å². The van der Waals surface area contributed by atoms with Crippen LogP contribution in [0.15, 0.2) is 45.8 Å². The van der Waals surface area contributed by atoms with E-state index in [-0.39, 0.29) is 22.8 Å². The number of carbonyl (C=O) groups is 1. The maximum Gasteiger partial charge on any atom is 0.273 e.